The quantitative estimate of drug-likeness (QED) is 0.727. The van der Waals surface area contributed by atoms with Crippen LogP contribution in [0, 0.1) is 6.92 Å². The van der Waals surface area contributed by atoms with E-state index in [0.717, 1.165) is 11.1 Å². The Labute approximate surface area is 107 Å². The maximum atomic E-state index is 10.2. The van der Waals surface area contributed by atoms with E-state index in [9.17, 15) is 15.3 Å². The minimum atomic E-state index is -0.579. The molecule has 0 bridgehead atoms. The van der Waals surface area contributed by atoms with Crippen molar-refractivity contribution in [1.29, 1.82) is 0 Å². The first-order chi connectivity index (χ1) is 8.60. The van der Waals surface area contributed by atoms with Crippen molar-refractivity contribution < 1.29 is 15.3 Å². The maximum absolute atomic E-state index is 10.2. The third-order valence-corrected chi connectivity index (χ3v) is 3.55. The normalized spacial score (nSPS) is 26.4. The molecule has 3 atom stereocenters. The monoisotopic (exact) mass is 251 g/mol. The lowest BCUT2D eigenvalue weighted by molar-refractivity contribution is 0.0817. The molecule has 0 radical (unpaired) electrons. The molecule has 1 aliphatic heterocycles. The fourth-order valence-corrected chi connectivity index (χ4v) is 2.58. The summed E-state index contributed by atoms with van der Waals surface area (Å²) in [4.78, 5) is 1.96. The van der Waals surface area contributed by atoms with Crippen LogP contribution in [0.3, 0.4) is 0 Å². The largest absolute Gasteiger partial charge is 0.395 e. The first-order valence-electron chi connectivity index (χ1n) is 6.37. The molecule has 1 heterocycles. The van der Waals surface area contributed by atoms with E-state index < -0.39 is 12.2 Å². The first kappa shape index (κ1) is 13.5. The number of nitrogens with zero attached hydrogens (tertiary/aromatic N) is 1. The first-order valence-corrected chi connectivity index (χ1v) is 6.37. The highest BCUT2D eigenvalue weighted by Crippen LogP contribution is 2.22. The van der Waals surface area contributed by atoms with E-state index in [1.165, 1.54) is 0 Å². The van der Waals surface area contributed by atoms with Crippen LogP contribution in [0.4, 0.5) is 0 Å². The van der Waals surface area contributed by atoms with Crippen LogP contribution in [0.1, 0.15) is 23.7 Å². The molecule has 1 aromatic rings. The highest BCUT2D eigenvalue weighted by molar-refractivity contribution is 5.24. The molecule has 4 nitrogen and oxygen atoms in total. The molecule has 0 aromatic heterocycles. The van der Waals surface area contributed by atoms with E-state index in [2.05, 4.69) is 0 Å². The predicted octanol–water partition coefficient (Wildman–Crippen LogP) is 0.456. The second-order valence-electron chi connectivity index (χ2n) is 5.11. The lowest BCUT2D eigenvalue weighted by Crippen LogP contribution is -2.35. The van der Waals surface area contributed by atoms with Crippen LogP contribution in [-0.4, -0.2) is 52.1 Å². The van der Waals surface area contributed by atoms with Crippen molar-refractivity contribution in [2.45, 2.75) is 31.6 Å². The van der Waals surface area contributed by atoms with E-state index in [0.29, 0.717) is 19.5 Å². The lowest BCUT2D eigenvalue weighted by atomic mass is 10.1. The maximum Gasteiger partial charge on any atom is 0.0917 e. The molecule has 2 rings (SSSR count). The Balaban J connectivity index is 2.00. The fraction of sp³-hybridized carbons (Fsp3) is 0.571. The van der Waals surface area contributed by atoms with Gasteiger partial charge in [0, 0.05) is 19.1 Å². The Bertz CT molecular complexity index is 396. The van der Waals surface area contributed by atoms with E-state index in [-0.39, 0.29) is 12.6 Å². The van der Waals surface area contributed by atoms with Crippen LogP contribution >= 0.6 is 0 Å². The van der Waals surface area contributed by atoms with Crippen molar-refractivity contribution >= 4 is 0 Å². The van der Waals surface area contributed by atoms with Gasteiger partial charge in [-0.3, -0.25) is 4.90 Å². The number of aryl methyl sites for hydroxylation is 1. The zero-order valence-corrected chi connectivity index (χ0v) is 10.7. The summed E-state index contributed by atoms with van der Waals surface area (Å²) in [6.45, 7) is 2.99. The molecule has 1 aromatic carbocycles. The molecule has 1 saturated heterocycles. The minimum absolute atomic E-state index is 0.0254. The molecule has 100 valence electrons. The molecule has 0 amide bonds. The van der Waals surface area contributed by atoms with Gasteiger partial charge in [0.25, 0.3) is 0 Å². The minimum Gasteiger partial charge on any atom is -0.395 e. The van der Waals surface area contributed by atoms with Crippen LogP contribution in [0.25, 0.3) is 0 Å². The van der Waals surface area contributed by atoms with Crippen molar-refractivity contribution in [2.75, 3.05) is 19.7 Å². The van der Waals surface area contributed by atoms with Gasteiger partial charge in [0.2, 0.25) is 0 Å². The molecule has 3 N–H and O–H groups in total. The van der Waals surface area contributed by atoms with Crippen molar-refractivity contribution in [3.63, 3.8) is 0 Å². The zero-order chi connectivity index (χ0) is 13.1. The number of hydrogen-bond donors (Lipinski definition) is 3. The van der Waals surface area contributed by atoms with Gasteiger partial charge in [-0.25, -0.2) is 0 Å². The van der Waals surface area contributed by atoms with Gasteiger partial charge < -0.3 is 15.3 Å². The summed E-state index contributed by atoms with van der Waals surface area (Å²) in [5.41, 5.74) is 2.00. The molecule has 1 unspecified atom stereocenters. The van der Waals surface area contributed by atoms with E-state index in [4.69, 9.17) is 0 Å². The van der Waals surface area contributed by atoms with Gasteiger partial charge in [-0.2, -0.15) is 0 Å². The molecule has 1 aliphatic rings. The molecular weight excluding hydrogens is 230 g/mol. The lowest BCUT2D eigenvalue weighted by Gasteiger charge is -2.25. The van der Waals surface area contributed by atoms with Gasteiger partial charge >= 0.3 is 0 Å². The van der Waals surface area contributed by atoms with E-state index in [1.54, 1.807) is 0 Å². The van der Waals surface area contributed by atoms with Gasteiger partial charge in [-0.1, -0.05) is 29.8 Å². The van der Waals surface area contributed by atoms with Crippen LogP contribution in [0.5, 0.6) is 0 Å². The van der Waals surface area contributed by atoms with Crippen LogP contribution in [0.15, 0.2) is 24.3 Å². The zero-order valence-electron chi connectivity index (χ0n) is 10.7. The number of rotatable bonds is 4. The van der Waals surface area contributed by atoms with Crippen molar-refractivity contribution in [2.24, 2.45) is 0 Å². The second-order valence-corrected chi connectivity index (χ2v) is 5.11. The van der Waals surface area contributed by atoms with Crippen molar-refractivity contribution in [3.8, 4) is 0 Å². The van der Waals surface area contributed by atoms with Gasteiger partial charge in [-0.15, -0.1) is 0 Å². The topological polar surface area (TPSA) is 63.9 Å². The number of benzene rings is 1. The van der Waals surface area contributed by atoms with Crippen LogP contribution in [0.2, 0.25) is 0 Å². The highest BCUT2D eigenvalue weighted by Gasteiger charge is 2.31. The summed E-state index contributed by atoms with van der Waals surface area (Å²) in [5.74, 6) is 0. The summed E-state index contributed by atoms with van der Waals surface area (Å²) in [6, 6.07) is 7.74. The average Bonchev–Trinajstić information content (AvgIpc) is 2.69. The molecule has 0 aliphatic carbocycles. The number of β-amino-alcohol motifs (C(OH)–C–C–N with tert-alkyl or cyclic N) is 2. The van der Waals surface area contributed by atoms with Crippen LogP contribution < -0.4 is 0 Å². The molecule has 4 heteroatoms. The third-order valence-electron chi connectivity index (χ3n) is 3.55. The third kappa shape index (κ3) is 3.09. The number of aliphatic hydroxyl groups is 3. The summed E-state index contributed by atoms with van der Waals surface area (Å²) >= 11 is 0. The number of hydrogen-bond acceptors (Lipinski definition) is 4. The summed E-state index contributed by atoms with van der Waals surface area (Å²) < 4.78 is 0. The molecule has 0 saturated carbocycles. The van der Waals surface area contributed by atoms with Crippen LogP contribution in [-0.2, 0) is 0 Å². The average molecular weight is 251 g/mol. The Hall–Kier alpha value is -0.940. The smallest absolute Gasteiger partial charge is 0.0917 e. The van der Waals surface area contributed by atoms with E-state index in [1.807, 2.05) is 36.1 Å². The van der Waals surface area contributed by atoms with Gasteiger partial charge in [0.05, 0.1) is 18.8 Å². The molecular formula is C14H21NO3. The Morgan fingerprint density at radius 3 is 2.89 bits per heavy atom. The molecule has 1 fully saturated rings. The Morgan fingerprint density at radius 1 is 1.44 bits per heavy atom. The number of likely N-dealkylation sites (tertiary alicyclic amines) is 1. The fourth-order valence-electron chi connectivity index (χ4n) is 2.58. The summed E-state index contributed by atoms with van der Waals surface area (Å²) in [5, 5.41) is 29.0. The van der Waals surface area contributed by atoms with Gasteiger partial charge in [-0.05, 0) is 18.9 Å². The highest BCUT2D eigenvalue weighted by atomic mass is 16.3. The molecule has 0 spiro atoms. The SMILES string of the molecule is Cc1cccc(C(O)CN2C[C@H](O)C[C@H]2CO)c1. The summed E-state index contributed by atoms with van der Waals surface area (Å²) in [6.07, 6.45) is -0.395. The summed E-state index contributed by atoms with van der Waals surface area (Å²) in [7, 11) is 0. The number of aliphatic hydroxyl groups excluding tert-OH is 3. The second kappa shape index (κ2) is 5.80. The van der Waals surface area contributed by atoms with Gasteiger partial charge in [0.1, 0.15) is 0 Å². The van der Waals surface area contributed by atoms with Gasteiger partial charge in [0.15, 0.2) is 0 Å². The van der Waals surface area contributed by atoms with E-state index >= 15 is 0 Å². The Kier molecular flexibility index (Phi) is 4.35. The Morgan fingerprint density at radius 2 is 2.22 bits per heavy atom. The molecule has 18 heavy (non-hydrogen) atoms. The van der Waals surface area contributed by atoms with Crippen molar-refractivity contribution in [1.82, 2.24) is 4.90 Å². The van der Waals surface area contributed by atoms with Crippen molar-refractivity contribution in [3.05, 3.63) is 35.4 Å². The standard InChI is InChI=1S/C14H21NO3/c1-10-3-2-4-11(5-10)14(18)8-15-7-13(17)6-12(15)9-16/h2-5,12-14,16-18H,6-9H2,1H3/t12-,13+,14?/m0/s1. The predicted molar refractivity (Wildman–Crippen MR) is 69.2 cm³/mol.